The number of hydrogen-bond acceptors (Lipinski definition) is 5. The Balaban J connectivity index is 1.55. The number of anilines is 2. The van der Waals surface area contributed by atoms with Gasteiger partial charge >= 0.3 is 0 Å². The Bertz CT molecular complexity index is 859. The Morgan fingerprint density at radius 1 is 0.960 bits per heavy atom. The molecule has 5 nitrogen and oxygen atoms in total. The van der Waals surface area contributed by atoms with Crippen LogP contribution in [-0.4, -0.2) is 16.6 Å². The minimum atomic E-state index is 0.270. The van der Waals surface area contributed by atoms with Crippen LogP contribution in [0.3, 0.4) is 0 Å². The predicted molar refractivity (Wildman–Crippen MR) is 96.3 cm³/mol. The van der Waals surface area contributed by atoms with Crippen molar-refractivity contribution in [3.8, 4) is 6.07 Å². The molecule has 0 saturated heterocycles. The number of nitrogens with one attached hydrogen (secondary N) is 1. The molecule has 3 rings (SSSR count). The maximum atomic E-state index is 9.08. The van der Waals surface area contributed by atoms with Gasteiger partial charge in [-0.2, -0.15) is 5.26 Å². The van der Waals surface area contributed by atoms with Crippen LogP contribution in [0.4, 0.5) is 11.5 Å². The van der Waals surface area contributed by atoms with Crippen LogP contribution in [0.5, 0.6) is 0 Å². The van der Waals surface area contributed by atoms with Crippen molar-refractivity contribution in [1.29, 1.82) is 5.26 Å². The SMILES string of the molecule is N#Cc1nccnc1Nc1cccc(COCCc2ccccc2)c1. The highest BCUT2D eigenvalue weighted by molar-refractivity contribution is 5.60. The normalized spacial score (nSPS) is 10.2. The molecule has 0 aliphatic rings. The molecular weight excluding hydrogens is 312 g/mol. The minimum absolute atomic E-state index is 0.270. The number of hydrogen-bond donors (Lipinski definition) is 1. The Morgan fingerprint density at radius 2 is 1.76 bits per heavy atom. The molecule has 0 spiro atoms. The maximum Gasteiger partial charge on any atom is 0.183 e. The second-order valence-electron chi connectivity index (χ2n) is 5.48. The molecule has 1 N–H and O–H groups in total. The average molecular weight is 330 g/mol. The van der Waals surface area contributed by atoms with Crippen molar-refractivity contribution >= 4 is 11.5 Å². The third kappa shape index (κ3) is 4.87. The molecule has 124 valence electrons. The molecule has 0 saturated carbocycles. The van der Waals surface area contributed by atoms with Crippen molar-refractivity contribution < 1.29 is 4.74 Å². The monoisotopic (exact) mass is 330 g/mol. The standard InChI is InChI=1S/C20H18N4O/c21-14-19-20(23-11-10-22-19)24-18-8-4-7-17(13-18)15-25-12-9-16-5-2-1-3-6-16/h1-8,10-11,13H,9,12,15H2,(H,23,24). The van der Waals surface area contributed by atoms with E-state index in [0.717, 1.165) is 17.7 Å². The fourth-order valence-electron chi connectivity index (χ4n) is 2.41. The zero-order valence-corrected chi connectivity index (χ0v) is 13.7. The van der Waals surface area contributed by atoms with Gasteiger partial charge in [-0.05, 0) is 29.7 Å². The fourth-order valence-corrected chi connectivity index (χ4v) is 2.41. The first kappa shape index (κ1) is 16.6. The summed E-state index contributed by atoms with van der Waals surface area (Å²) in [4.78, 5) is 8.15. The summed E-state index contributed by atoms with van der Waals surface area (Å²) in [6, 6.07) is 20.2. The van der Waals surface area contributed by atoms with E-state index in [4.69, 9.17) is 10.00 Å². The van der Waals surface area contributed by atoms with Gasteiger partial charge in [-0.25, -0.2) is 9.97 Å². The molecule has 0 unspecified atom stereocenters. The molecule has 0 amide bonds. The highest BCUT2D eigenvalue weighted by atomic mass is 16.5. The van der Waals surface area contributed by atoms with E-state index in [1.807, 2.05) is 48.5 Å². The van der Waals surface area contributed by atoms with Gasteiger partial charge in [0.05, 0.1) is 13.2 Å². The topological polar surface area (TPSA) is 70.8 Å². The highest BCUT2D eigenvalue weighted by Crippen LogP contribution is 2.18. The van der Waals surface area contributed by atoms with Gasteiger partial charge in [0.25, 0.3) is 0 Å². The molecule has 0 bridgehead atoms. The number of nitrogens with zero attached hydrogens (tertiary/aromatic N) is 3. The summed E-state index contributed by atoms with van der Waals surface area (Å²) in [7, 11) is 0. The van der Waals surface area contributed by atoms with Gasteiger partial charge in [-0.15, -0.1) is 0 Å². The second-order valence-corrected chi connectivity index (χ2v) is 5.48. The van der Waals surface area contributed by atoms with E-state index in [1.54, 1.807) is 6.20 Å². The summed E-state index contributed by atoms with van der Waals surface area (Å²) in [5, 5.41) is 12.2. The zero-order chi connectivity index (χ0) is 17.3. The summed E-state index contributed by atoms with van der Waals surface area (Å²) in [5.74, 6) is 0.451. The summed E-state index contributed by atoms with van der Waals surface area (Å²) < 4.78 is 5.77. The molecule has 25 heavy (non-hydrogen) atoms. The van der Waals surface area contributed by atoms with E-state index in [1.165, 1.54) is 11.8 Å². The smallest absolute Gasteiger partial charge is 0.183 e. The highest BCUT2D eigenvalue weighted by Gasteiger charge is 2.05. The Kier molecular flexibility index (Phi) is 5.70. The van der Waals surface area contributed by atoms with Crippen LogP contribution in [0.2, 0.25) is 0 Å². The van der Waals surface area contributed by atoms with E-state index in [9.17, 15) is 0 Å². The van der Waals surface area contributed by atoms with Crippen molar-refractivity contribution in [2.45, 2.75) is 13.0 Å². The molecule has 1 aromatic heterocycles. The van der Waals surface area contributed by atoms with E-state index >= 15 is 0 Å². The van der Waals surface area contributed by atoms with Crippen LogP contribution in [-0.2, 0) is 17.8 Å². The molecule has 5 heteroatoms. The van der Waals surface area contributed by atoms with E-state index in [-0.39, 0.29) is 5.69 Å². The lowest BCUT2D eigenvalue weighted by Crippen LogP contribution is -2.01. The van der Waals surface area contributed by atoms with Gasteiger partial charge in [0, 0.05) is 18.1 Å². The predicted octanol–water partition coefficient (Wildman–Crippen LogP) is 3.85. The molecule has 0 aliphatic carbocycles. The summed E-state index contributed by atoms with van der Waals surface area (Å²) in [6.45, 7) is 1.21. The summed E-state index contributed by atoms with van der Waals surface area (Å²) in [5.41, 5.74) is 3.44. The molecule has 2 aromatic carbocycles. The van der Waals surface area contributed by atoms with Gasteiger partial charge in [-0.1, -0.05) is 42.5 Å². The van der Waals surface area contributed by atoms with Crippen LogP contribution in [0.15, 0.2) is 67.0 Å². The Labute approximate surface area is 147 Å². The van der Waals surface area contributed by atoms with Gasteiger partial charge in [-0.3, -0.25) is 0 Å². The lowest BCUT2D eigenvalue weighted by molar-refractivity contribution is 0.124. The van der Waals surface area contributed by atoms with Crippen LogP contribution in [0, 0.1) is 11.3 Å². The first-order valence-corrected chi connectivity index (χ1v) is 8.04. The fraction of sp³-hybridized carbons (Fsp3) is 0.150. The van der Waals surface area contributed by atoms with Crippen LogP contribution < -0.4 is 5.32 Å². The lowest BCUT2D eigenvalue weighted by Gasteiger charge is -2.09. The first-order valence-electron chi connectivity index (χ1n) is 8.04. The van der Waals surface area contributed by atoms with E-state index in [2.05, 4.69) is 27.4 Å². The molecular formula is C20H18N4O. The van der Waals surface area contributed by atoms with Crippen LogP contribution >= 0.6 is 0 Å². The maximum absolute atomic E-state index is 9.08. The minimum Gasteiger partial charge on any atom is -0.376 e. The molecule has 0 atom stereocenters. The van der Waals surface area contributed by atoms with Crippen molar-refractivity contribution in [2.75, 3.05) is 11.9 Å². The van der Waals surface area contributed by atoms with E-state index < -0.39 is 0 Å². The number of benzene rings is 2. The molecule has 0 radical (unpaired) electrons. The summed E-state index contributed by atoms with van der Waals surface area (Å²) >= 11 is 0. The molecule has 0 aliphatic heterocycles. The average Bonchev–Trinajstić information content (AvgIpc) is 2.67. The Hall–Kier alpha value is -3.23. The number of nitriles is 1. The summed E-state index contributed by atoms with van der Waals surface area (Å²) in [6.07, 6.45) is 3.95. The molecule has 3 aromatic rings. The van der Waals surface area contributed by atoms with Crippen LogP contribution in [0.1, 0.15) is 16.8 Å². The number of ether oxygens (including phenoxy) is 1. The van der Waals surface area contributed by atoms with Crippen LogP contribution in [0.25, 0.3) is 0 Å². The number of aromatic nitrogens is 2. The Morgan fingerprint density at radius 3 is 2.60 bits per heavy atom. The molecule has 1 heterocycles. The van der Waals surface area contributed by atoms with Gasteiger partial charge in [0.2, 0.25) is 0 Å². The quantitative estimate of drug-likeness (QED) is 0.666. The lowest BCUT2D eigenvalue weighted by atomic mass is 10.2. The van der Waals surface area contributed by atoms with Gasteiger partial charge in [0.15, 0.2) is 11.5 Å². The third-order valence-corrected chi connectivity index (χ3v) is 3.64. The first-order chi connectivity index (χ1) is 12.3. The molecule has 0 fully saturated rings. The van der Waals surface area contributed by atoms with E-state index in [0.29, 0.717) is 19.0 Å². The van der Waals surface area contributed by atoms with Crippen molar-refractivity contribution in [1.82, 2.24) is 9.97 Å². The largest absolute Gasteiger partial charge is 0.376 e. The van der Waals surface area contributed by atoms with Gasteiger partial charge in [0.1, 0.15) is 6.07 Å². The third-order valence-electron chi connectivity index (χ3n) is 3.64. The second kappa shape index (κ2) is 8.57. The van der Waals surface area contributed by atoms with Crippen molar-refractivity contribution in [2.24, 2.45) is 0 Å². The zero-order valence-electron chi connectivity index (χ0n) is 13.7. The van der Waals surface area contributed by atoms with Crippen molar-refractivity contribution in [3.63, 3.8) is 0 Å². The van der Waals surface area contributed by atoms with Gasteiger partial charge < -0.3 is 10.1 Å². The van der Waals surface area contributed by atoms with Crippen molar-refractivity contribution in [3.05, 3.63) is 83.8 Å². The number of rotatable bonds is 7.